The van der Waals surface area contributed by atoms with Crippen LogP contribution in [0.2, 0.25) is 0 Å². The fourth-order valence-corrected chi connectivity index (χ4v) is 4.86. The van der Waals surface area contributed by atoms with E-state index in [9.17, 15) is 19.2 Å². The number of aryl methyl sites for hydroxylation is 2. The number of primary amides is 1. The van der Waals surface area contributed by atoms with Gasteiger partial charge in [-0.25, -0.2) is 9.36 Å². The molecule has 10 nitrogen and oxygen atoms in total. The van der Waals surface area contributed by atoms with Gasteiger partial charge in [0, 0.05) is 36.5 Å². The number of nitrogens with two attached hydrogens (primary N) is 1. The van der Waals surface area contributed by atoms with E-state index in [-0.39, 0.29) is 17.7 Å². The molecule has 202 valence electrons. The Kier molecular flexibility index (Phi) is 8.13. The molecule has 1 aromatic heterocycles. The second-order valence-corrected chi connectivity index (χ2v) is 10.2. The number of ether oxygens (including phenoxy) is 1. The molecule has 10 heteroatoms. The van der Waals surface area contributed by atoms with E-state index in [4.69, 9.17) is 15.6 Å². The molecule has 2 aliphatic rings. The van der Waals surface area contributed by atoms with Crippen LogP contribution in [0.5, 0.6) is 0 Å². The van der Waals surface area contributed by atoms with Crippen molar-refractivity contribution in [1.82, 2.24) is 14.0 Å². The molecule has 5 rings (SSSR count). The quantitative estimate of drug-likeness (QED) is 0.503. The molecule has 0 radical (unpaired) electrons. The third-order valence-electron chi connectivity index (χ3n) is 7.63. The number of nitrogens with zero attached hydrogens (tertiary/aromatic N) is 3. The van der Waals surface area contributed by atoms with Gasteiger partial charge in [0.25, 0.3) is 5.56 Å². The Morgan fingerprint density at radius 2 is 1.71 bits per heavy atom. The molecule has 0 unspecified atom stereocenters. The third kappa shape index (κ3) is 5.71. The van der Waals surface area contributed by atoms with E-state index in [1.165, 1.54) is 16.8 Å². The van der Waals surface area contributed by atoms with Crippen molar-refractivity contribution in [2.45, 2.75) is 38.6 Å². The first-order chi connectivity index (χ1) is 18.1. The SMILES string of the molecule is CC1(C(N)=O)CCN(C2COC2)CC1.Cn1ccc(=O)n(-c2cccc3c(CCC(=O)O)cccc23)c1=O. The van der Waals surface area contributed by atoms with Crippen LogP contribution >= 0.6 is 0 Å². The summed E-state index contributed by atoms with van der Waals surface area (Å²) in [5.41, 5.74) is 5.65. The maximum Gasteiger partial charge on any atom is 0.335 e. The lowest BCUT2D eigenvalue weighted by Crippen LogP contribution is -2.54. The summed E-state index contributed by atoms with van der Waals surface area (Å²) in [6.45, 7) is 5.64. The van der Waals surface area contributed by atoms with Gasteiger partial charge >= 0.3 is 11.7 Å². The first-order valence-electron chi connectivity index (χ1n) is 12.7. The number of benzene rings is 2. The zero-order valence-electron chi connectivity index (χ0n) is 21.8. The highest BCUT2D eigenvalue weighted by molar-refractivity contribution is 5.92. The molecule has 0 saturated carbocycles. The zero-order valence-corrected chi connectivity index (χ0v) is 21.8. The number of aliphatic carboxylic acids is 1. The number of amides is 1. The number of carbonyl (C=O) groups is 2. The van der Waals surface area contributed by atoms with Gasteiger partial charge in [0.2, 0.25) is 5.91 Å². The van der Waals surface area contributed by atoms with Crippen molar-refractivity contribution < 1.29 is 19.4 Å². The molecule has 2 fully saturated rings. The van der Waals surface area contributed by atoms with Crippen molar-refractivity contribution in [3.05, 3.63) is 75.1 Å². The molecule has 0 bridgehead atoms. The maximum absolute atomic E-state index is 12.4. The summed E-state index contributed by atoms with van der Waals surface area (Å²) in [7, 11) is 1.59. The summed E-state index contributed by atoms with van der Waals surface area (Å²) in [5, 5.41) is 10.5. The summed E-state index contributed by atoms with van der Waals surface area (Å²) in [6.07, 6.45) is 3.62. The lowest BCUT2D eigenvalue weighted by atomic mass is 9.79. The van der Waals surface area contributed by atoms with Crippen LogP contribution in [0.3, 0.4) is 0 Å². The van der Waals surface area contributed by atoms with E-state index in [1.807, 2.05) is 31.2 Å². The molecule has 3 aromatic rings. The minimum atomic E-state index is -0.865. The molecule has 3 N–H and O–H groups in total. The number of aromatic nitrogens is 2. The smallest absolute Gasteiger partial charge is 0.335 e. The van der Waals surface area contributed by atoms with Gasteiger partial charge in [0.1, 0.15) is 0 Å². The van der Waals surface area contributed by atoms with E-state index >= 15 is 0 Å². The van der Waals surface area contributed by atoms with E-state index < -0.39 is 17.2 Å². The van der Waals surface area contributed by atoms with Crippen LogP contribution in [0.15, 0.2) is 58.3 Å². The highest BCUT2D eigenvalue weighted by Crippen LogP contribution is 2.32. The number of hydrogen-bond acceptors (Lipinski definition) is 6. The Hall–Kier alpha value is -3.76. The van der Waals surface area contributed by atoms with Crippen molar-refractivity contribution in [2.75, 3.05) is 26.3 Å². The average molecular weight is 523 g/mol. The Labute approximate surface area is 220 Å². The minimum absolute atomic E-state index is 0.0242. The van der Waals surface area contributed by atoms with Crippen molar-refractivity contribution in [1.29, 1.82) is 0 Å². The largest absolute Gasteiger partial charge is 0.481 e. The summed E-state index contributed by atoms with van der Waals surface area (Å²) >= 11 is 0. The summed E-state index contributed by atoms with van der Waals surface area (Å²) in [6, 6.07) is 12.8. The molecule has 0 atom stereocenters. The van der Waals surface area contributed by atoms with Crippen LogP contribution in [-0.4, -0.2) is 63.4 Å². The molecule has 0 aliphatic carbocycles. The summed E-state index contributed by atoms with van der Waals surface area (Å²) in [4.78, 5) is 49.1. The lowest BCUT2D eigenvalue weighted by molar-refractivity contribution is -0.137. The number of likely N-dealkylation sites (tertiary alicyclic amines) is 1. The zero-order chi connectivity index (χ0) is 27.4. The topological polar surface area (TPSA) is 137 Å². The molecule has 3 heterocycles. The van der Waals surface area contributed by atoms with E-state index in [2.05, 4.69) is 4.90 Å². The Balaban J connectivity index is 0.000000204. The number of fused-ring (bicyclic) bond motifs is 1. The molecule has 38 heavy (non-hydrogen) atoms. The fourth-order valence-electron chi connectivity index (χ4n) is 4.86. The van der Waals surface area contributed by atoms with Crippen molar-refractivity contribution >= 4 is 22.6 Å². The number of rotatable bonds is 6. The molecule has 1 amide bonds. The van der Waals surface area contributed by atoms with Crippen LogP contribution in [0.1, 0.15) is 31.7 Å². The molecular weight excluding hydrogens is 488 g/mol. The first-order valence-corrected chi connectivity index (χ1v) is 12.7. The van der Waals surface area contributed by atoms with E-state index in [0.29, 0.717) is 18.2 Å². The average Bonchev–Trinajstić information content (AvgIpc) is 2.86. The number of carbonyl (C=O) groups excluding carboxylic acids is 1. The Morgan fingerprint density at radius 1 is 1.05 bits per heavy atom. The second kappa shape index (κ2) is 11.3. The first kappa shape index (κ1) is 27.3. The Bertz CT molecular complexity index is 1450. The predicted molar refractivity (Wildman–Crippen MR) is 143 cm³/mol. The van der Waals surface area contributed by atoms with Gasteiger partial charge < -0.3 is 20.1 Å². The van der Waals surface area contributed by atoms with Crippen LogP contribution < -0.4 is 17.0 Å². The number of hydrogen-bond donors (Lipinski definition) is 2. The van der Waals surface area contributed by atoms with Gasteiger partial charge in [-0.3, -0.25) is 19.3 Å². The van der Waals surface area contributed by atoms with Crippen LogP contribution in [0.4, 0.5) is 0 Å². The van der Waals surface area contributed by atoms with E-state index in [0.717, 1.165) is 60.0 Å². The van der Waals surface area contributed by atoms with Crippen LogP contribution in [0.25, 0.3) is 16.5 Å². The van der Waals surface area contributed by atoms with Crippen LogP contribution in [0, 0.1) is 5.41 Å². The molecule has 2 saturated heterocycles. The highest BCUT2D eigenvalue weighted by Gasteiger charge is 2.38. The summed E-state index contributed by atoms with van der Waals surface area (Å²) in [5.74, 6) is -1.02. The van der Waals surface area contributed by atoms with Gasteiger partial charge in [-0.1, -0.05) is 37.3 Å². The molecule has 0 spiro atoms. The molecule has 2 aliphatic heterocycles. The van der Waals surface area contributed by atoms with Gasteiger partial charge in [-0.15, -0.1) is 0 Å². The number of carboxylic acid groups (broad SMARTS) is 1. The summed E-state index contributed by atoms with van der Waals surface area (Å²) < 4.78 is 7.62. The maximum atomic E-state index is 12.4. The third-order valence-corrected chi connectivity index (χ3v) is 7.63. The lowest BCUT2D eigenvalue weighted by Gasteiger charge is -2.43. The van der Waals surface area contributed by atoms with Gasteiger partial charge in [0.05, 0.1) is 24.9 Å². The van der Waals surface area contributed by atoms with Crippen LogP contribution in [-0.2, 0) is 27.8 Å². The Morgan fingerprint density at radius 3 is 2.32 bits per heavy atom. The van der Waals surface area contributed by atoms with Crippen molar-refractivity contribution in [2.24, 2.45) is 18.2 Å². The molecular formula is C28H34N4O6. The van der Waals surface area contributed by atoms with Crippen molar-refractivity contribution in [3.8, 4) is 5.69 Å². The standard InChI is InChI=1S/C18H16N2O4.C10H18N2O2/c1-19-11-10-16(21)20(18(19)24)15-7-3-5-13-12(8-9-17(22)23)4-2-6-14(13)15;1-10(9(11)13)2-4-12(5-3-10)8-6-14-7-8/h2-7,10-11H,8-9H2,1H3,(H,22,23);8H,2-7H2,1H3,(H2,11,13). The number of piperidine rings is 1. The molecule has 2 aromatic carbocycles. The monoisotopic (exact) mass is 522 g/mol. The minimum Gasteiger partial charge on any atom is -0.481 e. The van der Waals surface area contributed by atoms with Crippen molar-refractivity contribution in [3.63, 3.8) is 0 Å². The van der Waals surface area contributed by atoms with Gasteiger partial charge in [0.15, 0.2) is 0 Å². The van der Waals surface area contributed by atoms with E-state index in [1.54, 1.807) is 19.2 Å². The second-order valence-electron chi connectivity index (χ2n) is 10.2. The highest BCUT2D eigenvalue weighted by atomic mass is 16.5. The predicted octanol–water partition coefficient (Wildman–Crippen LogP) is 1.68. The van der Waals surface area contributed by atoms with Gasteiger partial charge in [-0.2, -0.15) is 0 Å². The fraction of sp³-hybridized carbons (Fsp3) is 0.429. The normalized spacial score (nSPS) is 17.3. The number of carboxylic acids is 1. The van der Waals surface area contributed by atoms with Gasteiger partial charge in [-0.05, 0) is 49.4 Å².